The van der Waals surface area contributed by atoms with Crippen molar-refractivity contribution in [3.05, 3.63) is 89.8 Å². The van der Waals surface area contributed by atoms with Gasteiger partial charge in [-0.05, 0) is 61.0 Å². The Labute approximate surface area is 196 Å². The Bertz CT molecular complexity index is 1220. The Morgan fingerprint density at radius 3 is 2.44 bits per heavy atom. The Kier molecular flexibility index (Phi) is 6.96. The fourth-order valence-electron chi connectivity index (χ4n) is 3.66. The molecule has 8 heteroatoms. The maximum Gasteiger partial charge on any atom is 0.246 e. The van der Waals surface area contributed by atoms with Crippen LogP contribution >= 0.6 is 0 Å². The SMILES string of the molecule is CC(=O)c1ccc(N2CCN(C(=O)/C=C/c3ccc(Oc4cccnc4)c(F)c3)CC2)c(F)c1. The first-order chi connectivity index (χ1) is 16.4. The summed E-state index contributed by atoms with van der Waals surface area (Å²) in [5, 5.41) is 0. The molecule has 174 valence electrons. The van der Waals surface area contributed by atoms with Crippen LogP contribution in [0.4, 0.5) is 14.5 Å². The maximum atomic E-state index is 14.4. The van der Waals surface area contributed by atoms with Gasteiger partial charge in [0.25, 0.3) is 0 Å². The van der Waals surface area contributed by atoms with Crippen LogP contribution in [0.5, 0.6) is 11.5 Å². The lowest BCUT2D eigenvalue weighted by atomic mass is 10.1. The van der Waals surface area contributed by atoms with Crippen LogP contribution < -0.4 is 9.64 Å². The lowest BCUT2D eigenvalue weighted by molar-refractivity contribution is -0.126. The highest BCUT2D eigenvalue weighted by atomic mass is 19.1. The van der Waals surface area contributed by atoms with Crippen molar-refractivity contribution in [3.63, 3.8) is 0 Å². The smallest absolute Gasteiger partial charge is 0.246 e. The zero-order valence-electron chi connectivity index (χ0n) is 18.6. The minimum absolute atomic E-state index is 0.0659. The number of ether oxygens (including phenoxy) is 1. The molecule has 4 rings (SSSR count). The van der Waals surface area contributed by atoms with Gasteiger partial charge in [-0.3, -0.25) is 14.6 Å². The first-order valence-electron chi connectivity index (χ1n) is 10.8. The largest absolute Gasteiger partial charge is 0.453 e. The molecule has 1 amide bonds. The van der Waals surface area contributed by atoms with Crippen molar-refractivity contribution in [1.29, 1.82) is 0 Å². The van der Waals surface area contributed by atoms with Gasteiger partial charge < -0.3 is 14.5 Å². The number of carbonyl (C=O) groups is 2. The number of halogens is 2. The fourth-order valence-corrected chi connectivity index (χ4v) is 3.66. The number of amides is 1. The van der Waals surface area contributed by atoms with Crippen LogP contribution in [0.25, 0.3) is 6.08 Å². The summed E-state index contributed by atoms with van der Waals surface area (Å²) in [6.07, 6.45) is 6.03. The molecule has 0 atom stereocenters. The molecule has 0 aliphatic carbocycles. The number of pyridine rings is 1. The van der Waals surface area contributed by atoms with E-state index in [2.05, 4.69) is 4.98 Å². The number of benzene rings is 2. The zero-order valence-corrected chi connectivity index (χ0v) is 18.6. The van der Waals surface area contributed by atoms with E-state index in [0.29, 0.717) is 48.7 Å². The van der Waals surface area contributed by atoms with Crippen LogP contribution in [0.1, 0.15) is 22.8 Å². The monoisotopic (exact) mass is 463 g/mol. The molecule has 1 aliphatic heterocycles. The van der Waals surface area contributed by atoms with E-state index in [1.54, 1.807) is 47.5 Å². The molecular weight excluding hydrogens is 440 g/mol. The number of ketones is 1. The van der Waals surface area contributed by atoms with Crippen molar-refractivity contribution in [2.24, 2.45) is 0 Å². The van der Waals surface area contributed by atoms with Gasteiger partial charge in [0, 0.05) is 44.0 Å². The van der Waals surface area contributed by atoms with Gasteiger partial charge in [0.15, 0.2) is 17.3 Å². The second-order valence-corrected chi connectivity index (χ2v) is 7.85. The number of hydrogen-bond acceptors (Lipinski definition) is 5. The van der Waals surface area contributed by atoms with E-state index in [9.17, 15) is 18.4 Å². The van der Waals surface area contributed by atoms with Crippen LogP contribution in [0.15, 0.2) is 67.0 Å². The van der Waals surface area contributed by atoms with E-state index >= 15 is 0 Å². The number of hydrogen-bond donors (Lipinski definition) is 0. The average Bonchev–Trinajstić information content (AvgIpc) is 2.84. The van der Waals surface area contributed by atoms with Crippen molar-refractivity contribution < 1.29 is 23.1 Å². The lowest BCUT2D eigenvalue weighted by Crippen LogP contribution is -2.48. The first kappa shape index (κ1) is 23.1. The zero-order chi connectivity index (χ0) is 24.1. The van der Waals surface area contributed by atoms with Gasteiger partial charge in [-0.15, -0.1) is 0 Å². The Balaban J connectivity index is 1.33. The van der Waals surface area contributed by atoms with Gasteiger partial charge >= 0.3 is 0 Å². The van der Waals surface area contributed by atoms with E-state index in [4.69, 9.17) is 4.74 Å². The van der Waals surface area contributed by atoms with Gasteiger partial charge in [-0.25, -0.2) is 8.78 Å². The van der Waals surface area contributed by atoms with Crippen molar-refractivity contribution in [3.8, 4) is 11.5 Å². The Morgan fingerprint density at radius 2 is 1.79 bits per heavy atom. The molecule has 1 fully saturated rings. The molecule has 3 aromatic rings. The number of anilines is 1. The quantitative estimate of drug-likeness (QED) is 0.391. The molecule has 2 aromatic carbocycles. The summed E-state index contributed by atoms with van der Waals surface area (Å²) in [5.74, 6) is -0.911. The van der Waals surface area contributed by atoms with Crippen molar-refractivity contribution >= 4 is 23.5 Å². The summed E-state index contributed by atoms with van der Waals surface area (Å²) in [6.45, 7) is 3.16. The fraction of sp³-hybridized carbons (Fsp3) is 0.192. The number of rotatable bonds is 6. The van der Waals surface area contributed by atoms with E-state index in [0.717, 1.165) is 0 Å². The molecule has 0 spiro atoms. The summed E-state index contributed by atoms with van der Waals surface area (Å²) < 4.78 is 34.3. The highest BCUT2D eigenvalue weighted by Crippen LogP contribution is 2.25. The number of Topliss-reactive ketones (excluding diaryl/α,β-unsaturated/α-hetero) is 1. The molecule has 0 saturated carbocycles. The second kappa shape index (κ2) is 10.2. The van der Waals surface area contributed by atoms with Crippen LogP contribution in [-0.2, 0) is 4.79 Å². The third-order valence-electron chi connectivity index (χ3n) is 5.52. The van der Waals surface area contributed by atoms with Gasteiger partial charge in [0.05, 0.1) is 11.9 Å². The highest BCUT2D eigenvalue weighted by Gasteiger charge is 2.22. The van der Waals surface area contributed by atoms with Crippen molar-refractivity contribution in [1.82, 2.24) is 9.88 Å². The highest BCUT2D eigenvalue weighted by molar-refractivity contribution is 5.94. The molecule has 34 heavy (non-hydrogen) atoms. The van der Waals surface area contributed by atoms with E-state index in [-0.39, 0.29) is 17.4 Å². The predicted molar refractivity (Wildman–Crippen MR) is 125 cm³/mol. The predicted octanol–water partition coefficient (Wildman–Crippen LogP) is 4.72. The summed E-state index contributed by atoms with van der Waals surface area (Å²) in [5.41, 5.74) is 1.26. The van der Waals surface area contributed by atoms with Crippen molar-refractivity contribution in [2.75, 3.05) is 31.1 Å². The van der Waals surface area contributed by atoms with Gasteiger partial charge in [-0.2, -0.15) is 0 Å². The molecular formula is C26H23F2N3O3. The molecule has 0 unspecified atom stereocenters. The van der Waals surface area contributed by atoms with E-state index in [1.807, 2.05) is 4.90 Å². The number of nitrogens with zero attached hydrogens (tertiary/aromatic N) is 3. The molecule has 0 bridgehead atoms. The third kappa shape index (κ3) is 5.46. The molecule has 6 nitrogen and oxygen atoms in total. The standard InChI is InChI=1S/C26H23F2N3O3/c1-18(32)20-6-7-24(22(27)16-20)30-11-13-31(14-12-30)26(33)9-5-19-4-8-25(23(28)15-19)34-21-3-2-10-29-17-21/h2-10,15-17H,11-14H2,1H3/b9-5+. The average molecular weight is 463 g/mol. The topological polar surface area (TPSA) is 62.7 Å². The summed E-state index contributed by atoms with van der Waals surface area (Å²) in [6, 6.07) is 12.3. The molecule has 1 aliphatic rings. The minimum atomic E-state index is -0.551. The first-order valence-corrected chi connectivity index (χ1v) is 10.8. The van der Waals surface area contributed by atoms with Crippen molar-refractivity contribution in [2.45, 2.75) is 6.92 Å². The normalized spacial score (nSPS) is 13.9. The van der Waals surface area contributed by atoms with E-state index < -0.39 is 11.6 Å². The van der Waals surface area contributed by atoms with Crippen LogP contribution in [-0.4, -0.2) is 47.8 Å². The Hall–Kier alpha value is -4.07. The second-order valence-electron chi connectivity index (χ2n) is 7.85. The molecule has 1 aromatic heterocycles. The molecule has 1 saturated heterocycles. The molecule has 0 radical (unpaired) electrons. The van der Waals surface area contributed by atoms with Crippen LogP contribution in [0.2, 0.25) is 0 Å². The van der Waals surface area contributed by atoms with Gasteiger partial charge in [-0.1, -0.05) is 6.07 Å². The number of aromatic nitrogens is 1. The van der Waals surface area contributed by atoms with Gasteiger partial charge in [0.2, 0.25) is 5.91 Å². The number of carbonyl (C=O) groups excluding carboxylic acids is 2. The summed E-state index contributed by atoms with van der Waals surface area (Å²) in [4.78, 5) is 31.4. The third-order valence-corrected chi connectivity index (χ3v) is 5.52. The lowest BCUT2D eigenvalue weighted by Gasteiger charge is -2.35. The molecule has 2 heterocycles. The molecule has 0 N–H and O–H groups in total. The number of piperazine rings is 1. The summed E-state index contributed by atoms with van der Waals surface area (Å²) in [7, 11) is 0. The maximum absolute atomic E-state index is 14.4. The van der Waals surface area contributed by atoms with Gasteiger partial charge in [0.1, 0.15) is 11.6 Å². The van der Waals surface area contributed by atoms with Crippen LogP contribution in [0.3, 0.4) is 0 Å². The van der Waals surface area contributed by atoms with Crippen LogP contribution in [0, 0.1) is 11.6 Å². The summed E-state index contributed by atoms with van der Waals surface area (Å²) >= 11 is 0. The minimum Gasteiger partial charge on any atom is -0.453 e. The van der Waals surface area contributed by atoms with E-state index in [1.165, 1.54) is 37.4 Å². The Morgan fingerprint density at radius 1 is 1.00 bits per heavy atom.